The number of benzene rings is 1. The molecular weight excluding hydrogens is 269 g/mol. The number of aryl methyl sites for hydroxylation is 1. The van der Waals surface area contributed by atoms with Gasteiger partial charge in [0.2, 0.25) is 0 Å². The van der Waals surface area contributed by atoms with Gasteiger partial charge in [0, 0.05) is 24.6 Å². The van der Waals surface area contributed by atoms with E-state index < -0.39 is 17.5 Å². The highest BCUT2D eigenvalue weighted by Crippen LogP contribution is 2.23. The fourth-order valence-corrected chi connectivity index (χ4v) is 1.70. The highest BCUT2D eigenvalue weighted by Gasteiger charge is 2.12. The molecule has 0 bridgehead atoms. The largest absolute Gasteiger partial charge is 0.384 e. The molecule has 1 heterocycles. The van der Waals surface area contributed by atoms with Gasteiger partial charge in [-0.1, -0.05) is 6.92 Å². The molecule has 1 aromatic heterocycles. The van der Waals surface area contributed by atoms with Gasteiger partial charge in [0.25, 0.3) is 0 Å². The summed E-state index contributed by atoms with van der Waals surface area (Å²) in [5.74, 6) is -2.48. The third kappa shape index (κ3) is 3.17. The van der Waals surface area contributed by atoms with Crippen molar-refractivity contribution in [2.75, 3.05) is 11.1 Å². The average Bonchev–Trinajstić information content (AvgIpc) is 2.35. The Morgan fingerprint density at radius 3 is 2.60 bits per heavy atom. The maximum atomic E-state index is 13.5. The van der Waals surface area contributed by atoms with Gasteiger partial charge in [-0.25, -0.2) is 23.1 Å². The Kier molecular flexibility index (Phi) is 4.07. The molecule has 0 aliphatic carbocycles. The zero-order valence-electron chi connectivity index (χ0n) is 10.8. The van der Waals surface area contributed by atoms with E-state index in [0.717, 1.165) is 12.5 Å². The molecule has 0 saturated heterocycles. The van der Waals surface area contributed by atoms with Crippen LogP contribution < -0.4 is 11.1 Å². The molecule has 3 N–H and O–H groups in total. The summed E-state index contributed by atoms with van der Waals surface area (Å²) in [6.45, 7) is 1.95. The second-order valence-electron chi connectivity index (χ2n) is 4.22. The van der Waals surface area contributed by atoms with E-state index in [1.807, 2.05) is 6.92 Å². The maximum absolute atomic E-state index is 13.5. The number of nitrogen functional groups attached to an aromatic ring is 1. The monoisotopic (exact) mass is 282 g/mol. The second kappa shape index (κ2) is 5.77. The first-order valence-corrected chi connectivity index (χ1v) is 6.04. The Morgan fingerprint density at radius 1 is 1.15 bits per heavy atom. The number of nitrogens with zero attached hydrogens (tertiary/aromatic N) is 2. The summed E-state index contributed by atoms with van der Waals surface area (Å²) in [5.41, 5.74) is 5.26. The molecule has 0 aliphatic heterocycles. The molecule has 0 saturated carbocycles. The van der Waals surface area contributed by atoms with Crippen molar-refractivity contribution in [1.29, 1.82) is 0 Å². The summed E-state index contributed by atoms with van der Waals surface area (Å²) < 4.78 is 39.7. The van der Waals surface area contributed by atoms with Crippen molar-refractivity contribution in [3.63, 3.8) is 0 Å². The number of nitrogens with one attached hydrogen (secondary N) is 1. The second-order valence-corrected chi connectivity index (χ2v) is 4.22. The Balaban J connectivity index is 2.34. The molecule has 106 valence electrons. The number of hydrogen-bond donors (Lipinski definition) is 2. The van der Waals surface area contributed by atoms with Crippen LogP contribution in [0.4, 0.5) is 30.5 Å². The van der Waals surface area contributed by atoms with Crippen LogP contribution in [0.25, 0.3) is 0 Å². The number of aromatic nitrogens is 2. The van der Waals surface area contributed by atoms with Gasteiger partial charge in [0.15, 0.2) is 11.6 Å². The van der Waals surface area contributed by atoms with Crippen LogP contribution in [0.5, 0.6) is 0 Å². The standard InChI is InChI=1S/C13H13F3N4/c1-2-3-11-19-10(17)6-12(20-11)18-9-5-7(14)4-8(15)13(9)16/h4-6H,2-3H2,1H3,(H3,17,18,19,20). The fourth-order valence-electron chi connectivity index (χ4n) is 1.70. The van der Waals surface area contributed by atoms with Crippen LogP contribution in [0.3, 0.4) is 0 Å². The van der Waals surface area contributed by atoms with Crippen LogP contribution >= 0.6 is 0 Å². The molecule has 0 spiro atoms. The molecule has 0 fully saturated rings. The van der Waals surface area contributed by atoms with Crippen molar-refractivity contribution in [3.05, 3.63) is 41.5 Å². The zero-order valence-corrected chi connectivity index (χ0v) is 10.8. The van der Waals surface area contributed by atoms with Gasteiger partial charge in [0.05, 0.1) is 5.69 Å². The summed E-state index contributed by atoms with van der Waals surface area (Å²) in [4.78, 5) is 8.11. The maximum Gasteiger partial charge on any atom is 0.182 e. The Bertz CT molecular complexity index is 631. The van der Waals surface area contributed by atoms with Crippen molar-refractivity contribution in [3.8, 4) is 0 Å². The predicted molar refractivity (Wildman–Crippen MR) is 70.0 cm³/mol. The van der Waals surface area contributed by atoms with E-state index in [-0.39, 0.29) is 17.3 Å². The highest BCUT2D eigenvalue weighted by atomic mass is 19.2. The predicted octanol–water partition coefficient (Wildman–Crippen LogP) is 3.17. The lowest BCUT2D eigenvalue weighted by Crippen LogP contribution is -2.05. The topological polar surface area (TPSA) is 63.8 Å². The van der Waals surface area contributed by atoms with Crippen LogP contribution in [-0.4, -0.2) is 9.97 Å². The van der Waals surface area contributed by atoms with Gasteiger partial charge in [-0.2, -0.15) is 0 Å². The molecule has 0 aliphatic rings. The van der Waals surface area contributed by atoms with Gasteiger partial charge in [-0.05, 0) is 6.42 Å². The molecule has 7 heteroatoms. The molecule has 0 radical (unpaired) electrons. The van der Waals surface area contributed by atoms with E-state index in [1.165, 1.54) is 6.07 Å². The lowest BCUT2D eigenvalue weighted by molar-refractivity contribution is 0.498. The van der Waals surface area contributed by atoms with Gasteiger partial charge < -0.3 is 11.1 Å². The van der Waals surface area contributed by atoms with Crippen LogP contribution in [0.2, 0.25) is 0 Å². The highest BCUT2D eigenvalue weighted by molar-refractivity contribution is 5.59. The minimum Gasteiger partial charge on any atom is -0.384 e. The van der Waals surface area contributed by atoms with Gasteiger partial charge in [0.1, 0.15) is 23.3 Å². The van der Waals surface area contributed by atoms with Crippen molar-refractivity contribution in [2.24, 2.45) is 0 Å². The lowest BCUT2D eigenvalue weighted by atomic mass is 10.2. The number of hydrogen-bond acceptors (Lipinski definition) is 4. The lowest BCUT2D eigenvalue weighted by Gasteiger charge is -2.09. The van der Waals surface area contributed by atoms with Crippen LogP contribution in [0.1, 0.15) is 19.2 Å². The van der Waals surface area contributed by atoms with Crippen LogP contribution in [-0.2, 0) is 6.42 Å². The minimum atomic E-state index is -1.27. The van der Waals surface area contributed by atoms with Crippen molar-refractivity contribution in [2.45, 2.75) is 19.8 Å². The minimum absolute atomic E-state index is 0.185. The molecule has 2 rings (SSSR count). The van der Waals surface area contributed by atoms with Gasteiger partial charge in [-0.3, -0.25) is 0 Å². The molecule has 2 aromatic rings. The van der Waals surface area contributed by atoms with Gasteiger partial charge in [-0.15, -0.1) is 0 Å². The smallest absolute Gasteiger partial charge is 0.182 e. The molecule has 0 atom stereocenters. The first-order valence-electron chi connectivity index (χ1n) is 6.04. The van der Waals surface area contributed by atoms with E-state index in [9.17, 15) is 13.2 Å². The van der Waals surface area contributed by atoms with Crippen molar-refractivity contribution >= 4 is 17.3 Å². The average molecular weight is 282 g/mol. The summed E-state index contributed by atoms with van der Waals surface area (Å²) >= 11 is 0. The third-order valence-corrected chi connectivity index (χ3v) is 2.52. The third-order valence-electron chi connectivity index (χ3n) is 2.52. The molecule has 4 nitrogen and oxygen atoms in total. The van der Waals surface area contributed by atoms with Crippen molar-refractivity contribution in [1.82, 2.24) is 9.97 Å². The Hall–Kier alpha value is -2.31. The summed E-state index contributed by atoms with van der Waals surface area (Å²) in [6.07, 6.45) is 1.41. The quantitative estimate of drug-likeness (QED) is 0.845. The Morgan fingerprint density at radius 2 is 1.90 bits per heavy atom. The first kappa shape index (κ1) is 14.1. The summed E-state index contributed by atoms with van der Waals surface area (Å²) in [7, 11) is 0. The van der Waals surface area contributed by atoms with Crippen LogP contribution in [0, 0.1) is 17.5 Å². The molecule has 0 amide bonds. The van der Waals surface area contributed by atoms with Crippen molar-refractivity contribution < 1.29 is 13.2 Å². The Labute approximate surface area is 113 Å². The summed E-state index contributed by atoms with van der Waals surface area (Å²) in [6, 6.07) is 2.68. The number of nitrogens with two attached hydrogens (primary N) is 1. The molecule has 0 unspecified atom stereocenters. The normalized spacial score (nSPS) is 10.6. The van der Waals surface area contributed by atoms with E-state index in [0.29, 0.717) is 18.3 Å². The summed E-state index contributed by atoms with van der Waals surface area (Å²) in [5, 5.41) is 2.51. The van der Waals surface area contributed by atoms with E-state index in [1.54, 1.807) is 0 Å². The molecule has 1 aromatic carbocycles. The molecular formula is C13H13F3N4. The van der Waals surface area contributed by atoms with E-state index >= 15 is 0 Å². The zero-order chi connectivity index (χ0) is 14.7. The van der Waals surface area contributed by atoms with E-state index in [2.05, 4.69) is 15.3 Å². The first-order chi connectivity index (χ1) is 9.49. The molecule has 20 heavy (non-hydrogen) atoms. The van der Waals surface area contributed by atoms with Gasteiger partial charge >= 0.3 is 0 Å². The SMILES string of the molecule is CCCc1nc(N)cc(Nc2cc(F)cc(F)c2F)n1. The van der Waals surface area contributed by atoms with E-state index in [4.69, 9.17) is 5.73 Å². The van der Waals surface area contributed by atoms with Crippen LogP contribution in [0.15, 0.2) is 18.2 Å². The fraction of sp³-hybridized carbons (Fsp3) is 0.231. The number of anilines is 3. The number of halogens is 3. The number of rotatable bonds is 4.